The summed E-state index contributed by atoms with van der Waals surface area (Å²) in [5.74, 6) is -0.581. The summed E-state index contributed by atoms with van der Waals surface area (Å²) in [4.78, 5) is 29.4. The number of amides is 1. The topological polar surface area (TPSA) is 70.5 Å². The third-order valence-electron chi connectivity index (χ3n) is 3.40. The minimum Gasteiger partial charge on any atom is -0.481 e. The van der Waals surface area contributed by atoms with Gasteiger partial charge in [-0.2, -0.15) is 0 Å². The number of rotatable bonds is 4. The molecule has 1 atom stereocenters. The van der Waals surface area contributed by atoms with Crippen LogP contribution in [0.15, 0.2) is 48.7 Å². The van der Waals surface area contributed by atoms with Crippen LogP contribution in [0.4, 0.5) is 5.69 Å². The van der Waals surface area contributed by atoms with Gasteiger partial charge in [0.1, 0.15) is 5.37 Å². The van der Waals surface area contributed by atoms with Crippen molar-refractivity contribution in [1.29, 1.82) is 0 Å². The van der Waals surface area contributed by atoms with Crippen LogP contribution in [0.25, 0.3) is 0 Å². The first kappa shape index (κ1) is 14.6. The van der Waals surface area contributed by atoms with E-state index >= 15 is 0 Å². The van der Waals surface area contributed by atoms with Crippen molar-refractivity contribution in [2.45, 2.75) is 11.8 Å². The van der Waals surface area contributed by atoms with Crippen molar-refractivity contribution < 1.29 is 14.7 Å². The molecule has 1 aliphatic rings. The Morgan fingerprint density at radius 1 is 1.27 bits per heavy atom. The van der Waals surface area contributed by atoms with Crippen LogP contribution < -0.4 is 4.90 Å². The number of carbonyl (C=O) groups is 2. The third-order valence-corrected chi connectivity index (χ3v) is 4.58. The Labute approximate surface area is 132 Å². The molecule has 0 aliphatic carbocycles. The van der Waals surface area contributed by atoms with Gasteiger partial charge in [0.2, 0.25) is 5.91 Å². The number of thioether (sulfide) groups is 1. The number of hydrogen-bond acceptors (Lipinski definition) is 4. The number of aliphatic carboxylic acids is 1. The lowest BCUT2D eigenvalue weighted by Gasteiger charge is -2.25. The molecule has 2 aromatic rings. The number of nitrogens with zero attached hydrogens (tertiary/aromatic N) is 2. The van der Waals surface area contributed by atoms with Crippen LogP contribution in [-0.2, 0) is 16.0 Å². The molecule has 1 saturated heterocycles. The maximum atomic E-state index is 12.3. The number of carboxylic acids is 1. The number of carbonyl (C=O) groups excluding carboxylic acids is 1. The maximum Gasteiger partial charge on any atom is 0.307 e. The summed E-state index contributed by atoms with van der Waals surface area (Å²) < 4.78 is 0. The predicted molar refractivity (Wildman–Crippen MR) is 84.7 cm³/mol. The molecule has 1 aliphatic heterocycles. The minimum absolute atomic E-state index is 0.0292. The molecule has 1 amide bonds. The molecule has 5 nitrogen and oxygen atoms in total. The standard InChI is InChI=1S/C16H14N2O3S/c19-14-10-22-16(12-6-3-4-8-17-12)18(14)13-7-2-1-5-11(13)9-15(20)21/h1-8,16H,9-10H2,(H,20,21). The number of pyridine rings is 1. The van der Waals surface area contributed by atoms with Crippen molar-refractivity contribution in [2.24, 2.45) is 0 Å². The van der Waals surface area contributed by atoms with Gasteiger partial charge in [-0.15, -0.1) is 11.8 Å². The first-order valence-corrected chi connectivity index (χ1v) is 7.86. The molecular weight excluding hydrogens is 300 g/mol. The third kappa shape index (κ3) is 2.82. The highest BCUT2D eigenvalue weighted by atomic mass is 32.2. The lowest BCUT2D eigenvalue weighted by molar-refractivity contribution is -0.136. The van der Waals surface area contributed by atoms with Crippen LogP contribution in [0.2, 0.25) is 0 Å². The zero-order valence-corrected chi connectivity index (χ0v) is 12.5. The molecule has 0 bridgehead atoms. The van der Waals surface area contributed by atoms with E-state index in [-0.39, 0.29) is 17.7 Å². The second-order valence-corrected chi connectivity index (χ2v) is 5.95. The van der Waals surface area contributed by atoms with E-state index in [1.807, 2.05) is 24.3 Å². The van der Waals surface area contributed by atoms with Crippen molar-refractivity contribution in [1.82, 2.24) is 4.98 Å². The maximum absolute atomic E-state index is 12.3. The van der Waals surface area contributed by atoms with Crippen molar-refractivity contribution >= 4 is 29.3 Å². The van der Waals surface area contributed by atoms with Crippen molar-refractivity contribution in [3.05, 3.63) is 59.9 Å². The van der Waals surface area contributed by atoms with Gasteiger partial charge in [0.15, 0.2) is 0 Å². The van der Waals surface area contributed by atoms with Gasteiger partial charge in [-0.1, -0.05) is 24.3 Å². The Morgan fingerprint density at radius 3 is 2.77 bits per heavy atom. The molecular formula is C16H14N2O3S. The highest BCUT2D eigenvalue weighted by molar-refractivity contribution is 8.00. The highest BCUT2D eigenvalue weighted by Gasteiger charge is 2.35. The number of carboxylic acid groups (broad SMARTS) is 1. The fourth-order valence-electron chi connectivity index (χ4n) is 2.48. The number of para-hydroxylation sites is 1. The van der Waals surface area contributed by atoms with Crippen LogP contribution >= 0.6 is 11.8 Å². The van der Waals surface area contributed by atoms with Gasteiger partial charge in [-0.3, -0.25) is 19.5 Å². The Balaban J connectivity index is 2.01. The Bertz CT molecular complexity index is 706. The Kier molecular flexibility index (Phi) is 4.11. The van der Waals surface area contributed by atoms with Crippen molar-refractivity contribution in [3.8, 4) is 0 Å². The van der Waals surface area contributed by atoms with Crippen molar-refractivity contribution in [2.75, 3.05) is 10.7 Å². The molecule has 3 rings (SSSR count). The lowest BCUT2D eigenvalue weighted by Crippen LogP contribution is -2.29. The second-order valence-electron chi connectivity index (χ2n) is 4.88. The molecule has 0 radical (unpaired) electrons. The molecule has 1 aromatic carbocycles. The van der Waals surface area contributed by atoms with E-state index in [2.05, 4.69) is 4.98 Å². The van der Waals surface area contributed by atoms with E-state index in [9.17, 15) is 9.59 Å². The molecule has 22 heavy (non-hydrogen) atoms. The van der Waals surface area contributed by atoms with Gasteiger partial charge in [-0.05, 0) is 23.8 Å². The summed E-state index contributed by atoms with van der Waals surface area (Å²) in [6.07, 6.45) is 1.58. The fourth-order valence-corrected chi connectivity index (χ4v) is 3.61. The minimum atomic E-state index is -0.916. The summed E-state index contributed by atoms with van der Waals surface area (Å²) in [6, 6.07) is 12.7. The summed E-state index contributed by atoms with van der Waals surface area (Å²) in [5.41, 5.74) is 2.07. The molecule has 1 fully saturated rings. The summed E-state index contributed by atoms with van der Waals surface area (Å²) in [7, 11) is 0. The first-order chi connectivity index (χ1) is 10.7. The molecule has 112 valence electrons. The molecule has 1 N–H and O–H groups in total. The van der Waals surface area contributed by atoms with Gasteiger partial charge in [0.25, 0.3) is 0 Å². The molecule has 1 unspecified atom stereocenters. The lowest BCUT2D eigenvalue weighted by atomic mass is 10.1. The number of anilines is 1. The fraction of sp³-hybridized carbons (Fsp3) is 0.188. The average molecular weight is 314 g/mol. The van der Waals surface area contributed by atoms with E-state index in [0.29, 0.717) is 17.0 Å². The van der Waals surface area contributed by atoms with Crippen molar-refractivity contribution in [3.63, 3.8) is 0 Å². The Morgan fingerprint density at radius 2 is 2.05 bits per heavy atom. The molecule has 6 heteroatoms. The van der Waals surface area contributed by atoms with E-state index in [1.165, 1.54) is 11.8 Å². The van der Waals surface area contributed by atoms with Gasteiger partial charge in [0, 0.05) is 11.9 Å². The number of aromatic nitrogens is 1. The Hall–Kier alpha value is -2.34. The SMILES string of the molecule is O=C(O)Cc1ccccc1N1C(=O)CSC1c1ccccn1. The first-order valence-electron chi connectivity index (χ1n) is 6.81. The summed E-state index contributed by atoms with van der Waals surface area (Å²) in [5, 5.41) is 8.84. The highest BCUT2D eigenvalue weighted by Crippen LogP contribution is 2.42. The van der Waals surface area contributed by atoms with E-state index in [0.717, 1.165) is 5.69 Å². The molecule has 2 heterocycles. The summed E-state index contributed by atoms with van der Waals surface area (Å²) in [6.45, 7) is 0. The van der Waals surface area contributed by atoms with Gasteiger partial charge in [-0.25, -0.2) is 0 Å². The largest absolute Gasteiger partial charge is 0.481 e. The number of hydrogen-bond donors (Lipinski definition) is 1. The van der Waals surface area contributed by atoms with E-state index in [1.54, 1.807) is 29.3 Å². The van der Waals surface area contributed by atoms with Gasteiger partial charge >= 0.3 is 5.97 Å². The van der Waals surface area contributed by atoms with Crippen LogP contribution in [0, 0.1) is 0 Å². The van der Waals surface area contributed by atoms with Crippen LogP contribution in [-0.4, -0.2) is 27.7 Å². The van der Waals surface area contributed by atoms with E-state index < -0.39 is 5.97 Å². The van der Waals surface area contributed by atoms with Crippen LogP contribution in [0.5, 0.6) is 0 Å². The average Bonchev–Trinajstić information content (AvgIpc) is 2.90. The van der Waals surface area contributed by atoms with Gasteiger partial charge < -0.3 is 5.11 Å². The molecule has 1 aromatic heterocycles. The number of benzene rings is 1. The van der Waals surface area contributed by atoms with Gasteiger partial charge in [0.05, 0.1) is 17.9 Å². The predicted octanol–water partition coefficient (Wildman–Crippen LogP) is 2.49. The zero-order chi connectivity index (χ0) is 15.5. The molecule has 0 saturated carbocycles. The smallest absolute Gasteiger partial charge is 0.307 e. The summed E-state index contributed by atoms with van der Waals surface area (Å²) >= 11 is 1.50. The van der Waals surface area contributed by atoms with E-state index in [4.69, 9.17) is 5.11 Å². The van der Waals surface area contributed by atoms with Crippen LogP contribution in [0.3, 0.4) is 0 Å². The zero-order valence-electron chi connectivity index (χ0n) is 11.7. The van der Waals surface area contributed by atoms with Crippen LogP contribution in [0.1, 0.15) is 16.6 Å². The normalized spacial score (nSPS) is 17.7. The molecule has 0 spiro atoms. The monoisotopic (exact) mass is 314 g/mol. The quantitative estimate of drug-likeness (QED) is 0.939. The second kappa shape index (κ2) is 6.19.